The van der Waals surface area contributed by atoms with Crippen LogP contribution in [0.3, 0.4) is 0 Å². The molecule has 2 aromatic heterocycles. The zero-order valence-corrected chi connectivity index (χ0v) is 17.4. The second-order valence-electron chi connectivity index (χ2n) is 6.58. The van der Waals surface area contributed by atoms with E-state index < -0.39 is 0 Å². The summed E-state index contributed by atoms with van der Waals surface area (Å²) in [7, 11) is 0. The number of halogens is 1. The zero-order chi connectivity index (χ0) is 19.7. The Bertz CT molecular complexity index is 1030. The second kappa shape index (κ2) is 8.07. The molecule has 0 N–H and O–H groups in total. The van der Waals surface area contributed by atoms with Crippen LogP contribution in [0.25, 0.3) is 21.3 Å². The standard InChI is InChI=1S/C21H21ClN2O3S/c1-3-27-21(25)15-11-23-18-16(14-5-4-6-17(22)13(14)2)12-28-20(18)19(15)24-7-9-26-10-8-24/h4-6,11-12H,3,7-10H2,1-2H3. The monoisotopic (exact) mass is 416 g/mol. The van der Waals surface area contributed by atoms with Crippen molar-refractivity contribution >= 4 is 44.8 Å². The van der Waals surface area contributed by atoms with Crippen molar-refractivity contribution in [2.75, 3.05) is 37.8 Å². The van der Waals surface area contributed by atoms with Crippen molar-refractivity contribution < 1.29 is 14.3 Å². The van der Waals surface area contributed by atoms with Crippen LogP contribution in [0, 0.1) is 6.92 Å². The molecule has 146 valence electrons. The molecule has 0 radical (unpaired) electrons. The summed E-state index contributed by atoms with van der Waals surface area (Å²) in [5.74, 6) is -0.340. The lowest BCUT2D eigenvalue weighted by molar-refractivity contribution is 0.0526. The van der Waals surface area contributed by atoms with E-state index in [4.69, 9.17) is 21.1 Å². The van der Waals surface area contributed by atoms with Gasteiger partial charge in [-0.15, -0.1) is 11.3 Å². The molecule has 3 aromatic rings. The van der Waals surface area contributed by atoms with E-state index >= 15 is 0 Å². The summed E-state index contributed by atoms with van der Waals surface area (Å²) < 4.78 is 11.8. The Morgan fingerprint density at radius 2 is 2.11 bits per heavy atom. The number of carbonyl (C=O) groups is 1. The van der Waals surface area contributed by atoms with Crippen LogP contribution in [-0.2, 0) is 9.47 Å². The second-order valence-corrected chi connectivity index (χ2v) is 7.87. The zero-order valence-electron chi connectivity index (χ0n) is 15.8. The van der Waals surface area contributed by atoms with Crippen LogP contribution in [0.5, 0.6) is 0 Å². The molecule has 0 aliphatic carbocycles. The Kier molecular flexibility index (Phi) is 5.53. The van der Waals surface area contributed by atoms with Gasteiger partial charge < -0.3 is 14.4 Å². The number of aromatic nitrogens is 1. The molecule has 0 bridgehead atoms. The number of nitrogens with zero attached hydrogens (tertiary/aromatic N) is 2. The molecule has 1 fully saturated rings. The molecule has 0 spiro atoms. The van der Waals surface area contributed by atoms with Crippen molar-refractivity contribution in [1.29, 1.82) is 0 Å². The van der Waals surface area contributed by atoms with Gasteiger partial charge in [-0.05, 0) is 31.0 Å². The highest BCUT2D eigenvalue weighted by molar-refractivity contribution is 7.18. The quantitative estimate of drug-likeness (QED) is 0.564. The van der Waals surface area contributed by atoms with E-state index in [0.29, 0.717) is 25.4 Å². The van der Waals surface area contributed by atoms with Crippen molar-refractivity contribution in [2.45, 2.75) is 13.8 Å². The molecule has 4 rings (SSSR count). The number of anilines is 1. The molecule has 0 amide bonds. The fourth-order valence-electron chi connectivity index (χ4n) is 3.51. The van der Waals surface area contributed by atoms with Crippen molar-refractivity contribution in [3.63, 3.8) is 0 Å². The highest BCUT2D eigenvalue weighted by Crippen LogP contribution is 2.42. The van der Waals surface area contributed by atoms with E-state index in [2.05, 4.69) is 21.3 Å². The third-order valence-corrected chi connectivity index (χ3v) is 6.32. The molecule has 1 saturated heterocycles. The molecule has 28 heavy (non-hydrogen) atoms. The summed E-state index contributed by atoms with van der Waals surface area (Å²) >= 11 is 7.93. The minimum absolute atomic E-state index is 0.330. The lowest BCUT2D eigenvalue weighted by Gasteiger charge is -2.30. The highest BCUT2D eigenvalue weighted by atomic mass is 35.5. The first-order valence-electron chi connectivity index (χ1n) is 9.27. The fourth-order valence-corrected chi connectivity index (χ4v) is 4.78. The maximum absolute atomic E-state index is 12.6. The summed E-state index contributed by atoms with van der Waals surface area (Å²) in [5.41, 5.74) is 5.39. The maximum atomic E-state index is 12.6. The summed E-state index contributed by atoms with van der Waals surface area (Å²) in [4.78, 5) is 19.4. The number of hydrogen-bond acceptors (Lipinski definition) is 6. The molecule has 1 aliphatic heterocycles. The number of fused-ring (bicyclic) bond motifs is 1. The van der Waals surface area contributed by atoms with Crippen molar-refractivity contribution in [2.24, 2.45) is 0 Å². The first-order valence-corrected chi connectivity index (χ1v) is 10.5. The van der Waals surface area contributed by atoms with Gasteiger partial charge in [0.25, 0.3) is 0 Å². The molecule has 3 heterocycles. The van der Waals surface area contributed by atoms with Gasteiger partial charge in [-0.1, -0.05) is 23.7 Å². The predicted octanol–water partition coefficient (Wildman–Crippen LogP) is 4.94. The molecule has 0 atom stereocenters. The number of morpholine rings is 1. The Balaban J connectivity index is 1.91. The van der Waals surface area contributed by atoms with E-state index in [1.54, 1.807) is 17.5 Å². The molecular formula is C21H21ClN2O3S. The van der Waals surface area contributed by atoms with Gasteiger partial charge in [0.2, 0.25) is 0 Å². The summed E-state index contributed by atoms with van der Waals surface area (Å²) in [5, 5.41) is 2.82. The molecule has 7 heteroatoms. The summed E-state index contributed by atoms with van der Waals surface area (Å²) in [6.07, 6.45) is 1.64. The number of hydrogen-bond donors (Lipinski definition) is 0. The Morgan fingerprint density at radius 3 is 2.86 bits per heavy atom. The number of rotatable bonds is 4. The maximum Gasteiger partial charge on any atom is 0.341 e. The molecular weight excluding hydrogens is 396 g/mol. The van der Waals surface area contributed by atoms with Crippen LogP contribution in [0.2, 0.25) is 5.02 Å². The van der Waals surface area contributed by atoms with Gasteiger partial charge in [0.15, 0.2) is 0 Å². The minimum atomic E-state index is -0.340. The SMILES string of the molecule is CCOC(=O)c1cnc2c(-c3cccc(Cl)c3C)csc2c1N1CCOCC1. The topological polar surface area (TPSA) is 51.7 Å². The summed E-state index contributed by atoms with van der Waals surface area (Å²) in [6.45, 7) is 6.89. The van der Waals surface area contributed by atoms with Gasteiger partial charge in [0, 0.05) is 35.3 Å². The van der Waals surface area contributed by atoms with Gasteiger partial charge in [0.1, 0.15) is 5.56 Å². The number of esters is 1. The molecule has 1 aromatic carbocycles. The van der Waals surface area contributed by atoms with E-state index in [9.17, 15) is 4.79 Å². The van der Waals surface area contributed by atoms with Crippen molar-refractivity contribution in [3.8, 4) is 11.1 Å². The number of thiophene rings is 1. The first-order chi connectivity index (χ1) is 13.6. The fraction of sp³-hybridized carbons (Fsp3) is 0.333. The summed E-state index contributed by atoms with van der Waals surface area (Å²) in [6, 6.07) is 5.89. The number of carbonyl (C=O) groups excluding carboxylic acids is 1. The smallest absolute Gasteiger partial charge is 0.341 e. The average molecular weight is 417 g/mol. The highest BCUT2D eigenvalue weighted by Gasteiger charge is 2.25. The normalized spacial score (nSPS) is 14.5. The van der Waals surface area contributed by atoms with Gasteiger partial charge in [-0.3, -0.25) is 4.98 Å². The minimum Gasteiger partial charge on any atom is -0.462 e. The largest absolute Gasteiger partial charge is 0.462 e. The molecule has 0 saturated carbocycles. The van der Waals surface area contributed by atoms with Gasteiger partial charge in [0.05, 0.1) is 35.7 Å². The van der Waals surface area contributed by atoms with Gasteiger partial charge >= 0.3 is 5.97 Å². The lowest BCUT2D eigenvalue weighted by Crippen LogP contribution is -2.37. The lowest BCUT2D eigenvalue weighted by atomic mass is 10.0. The molecule has 0 unspecified atom stereocenters. The van der Waals surface area contributed by atoms with Crippen LogP contribution in [-0.4, -0.2) is 43.9 Å². The molecule has 1 aliphatic rings. The van der Waals surface area contributed by atoms with Crippen LogP contribution in [0.4, 0.5) is 5.69 Å². The van der Waals surface area contributed by atoms with Crippen LogP contribution in [0.15, 0.2) is 29.8 Å². The van der Waals surface area contributed by atoms with Crippen LogP contribution >= 0.6 is 22.9 Å². The molecule has 5 nitrogen and oxygen atoms in total. The van der Waals surface area contributed by atoms with E-state index in [1.807, 2.05) is 26.0 Å². The third kappa shape index (κ3) is 3.36. The number of benzene rings is 1. The van der Waals surface area contributed by atoms with Gasteiger partial charge in [-0.25, -0.2) is 4.79 Å². The first kappa shape index (κ1) is 19.2. The Morgan fingerprint density at radius 1 is 1.32 bits per heavy atom. The number of pyridine rings is 1. The van der Waals surface area contributed by atoms with E-state index in [-0.39, 0.29) is 5.97 Å². The Hall–Kier alpha value is -2.15. The average Bonchev–Trinajstić information content (AvgIpc) is 3.14. The number of ether oxygens (including phenoxy) is 2. The van der Waals surface area contributed by atoms with Crippen LogP contribution < -0.4 is 4.90 Å². The van der Waals surface area contributed by atoms with E-state index in [0.717, 1.165) is 50.7 Å². The third-order valence-electron chi connectivity index (χ3n) is 4.94. The van der Waals surface area contributed by atoms with Crippen molar-refractivity contribution in [3.05, 3.63) is 45.9 Å². The van der Waals surface area contributed by atoms with Crippen LogP contribution in [0.1, 0.15) is 22.8 Å². The van der Waals surface area contributed by atoms with Gasteiger partial charge in [-0.2, -0.15) is 0 Å². The van der Waals surface area contributed by atoms with Crippen molar-refractivity contribution in [1.82, 2.24) is 4.98 Å². The predicted molar refractivity (Wildman–Crippen MR) is 114 cm³/mol. The van der Waals surface area contributed by atoms with E-state index in [1.165, 1.54) is 0 Å². The Labute approximate surface area is 172 Å².